The largest absolute Gasteiger partial charge is 0.492 e. The lowest BCUT2D eigenvalue weighted by molar-refractivity contribution is -0.134. The molecule has 0 bridgehead atoms. The first-order valence-electron chi connectivity index (χ1n) is 12.1. The third kappa shape index (κ3) is 4.73. The molecule has 3 heterocycles. The zero-order chi connectivity index (χ0) is 24.5. The topological polar surface area (TPSA) is 105 Å². The van der Waals surface area contributed by atoms with Gasteiger partial charge in [-0.05, 0) is 61.3 Å². The maximum Gasteiger partial charge on any atom is 0.235 e. The molecule has 0 aliphatic carbocycles. The predicted octanol–water partition coefficient (Wildman–Crippen LogP) is 2.82. The quantitative estimate of drug-likeness (QED) is 0.543. The number of hydrogen-bond acceptors (Lipinski definition) is 7. The van der Waals surface area contributed by atoms with E-state index in [0.717, 1.165) is 54.4 Å². The number of nitrogens with zero attached hydrogens (tertiary/aromatic N) is 3. The maximum atomic E-state index is 12.4. The fraction of sp³-hybridized carbons (Fsp3) is 0.462. The predicted molar refractivity (Wildman–Crippen MR) is 130 cm³/mol. The molecule has 9 heteroatoms. The standard InChI is InChI=1S/C26H30N4O5/c1-16(31)30-11-9-18(10-12-30)29(2)13-14-34-19-4-5-20-17(15-19)3-7-22-24(20)25(28-35-22)21-6-8-23(32)27-26(21)33/h3-5,7,15,18,21H,6,8-14H2,1-2H3,(H,27,32,33)/t21-/m1/s1. The SMILES string of the molecule is CC(=O)N1CCC(N(C)CCOc2ccc3c(ccc4onc([C@H]5CCC(=O)NC5=O)c43)c2)CC1. The van der Waals surface area contributed by atoms with Gasteiger partial charge in [-0.1, -0.05) is 11.2 Å². The van der Waals surface area contributed by atoms with Gasteiger partial charge in [-0.3, -0.25) is 24.6 Å². The molecule has 2 fully saturated rings. The highest BCUT2D eigenvalue weighted by Gasteiger charge is 2.32. The summed E-state index contributed by atoms with van der Waals surface area (Å²) in [5.74, 6) is -0.162. The van der Waals surface area contributed by atoms with Crippen LogP contribution in [-0.4, -0.2) is 72.0 Å². The van der Waals surface area contributed by atoms with Crippen molar-refractivity contribution in [1.29, 1.82) is 0 Å². The highest BCUT2D eigenvalue weighted by Crippen LogP contribution is 2.36. The summed E-state index contributed by atoms with van der Waals surface area (Å²) in [6.07, 6.45) is 2.68. The number of imide groups is 1. The zero-order valence-electron chi connectivity index (χ0n) is 20.1. The van der Waals surface area contributed by atoms with Crippen LogP contribution in [0.5, 0.6) is 5.75 Å². The average Bonchev–Trinajstić information content (AvgIpc) is 3.28. The molecule has 9 nitrogen and oxygen atoms in total. The van der Waals surface area contributed by atoms with Gasteiger partial charge in [0.25, 0.3) is 0 Å². The van der Waals surface area contributed by atoms with E-state index in [0.29, 0.717) is 30.3 Å². The number of carbonyl (C=O) groups excluding carboxylic acids is 3. The van der Waals surface area contributed by atoms with E-state index in [1.54, 1.807) is 6.92 Å². The van der Waals surface area contributed by atoms with E-state index in [2.05, 4.69) is 22.4 Å². The van der Waals surface area contributed by atoms with E-state index in [9.17, 15) is 14.4 Å². The van der Waals surface area contributed by atoms with Gasteiger partial charge in [0, 0.05) is 39.0 Å². The van der Waals surface area contributed by atoms with Crippen molar-refractivity contribution in [1.82, 2.24) is 20.3 Å². The highest BCUT2D eigenvalue weighted by molar-refractivity contribution is 6.10. The van der Waals surface area contributed by atoms with Crippen LogP contribution < -0.4 is 10.1 Å². The van der Waals surface area contributed by atoms with E-state index < -0.39 is 5.92 Å². The fourth-order valence-electron chi connectivity index (χ4n) is 5.17. The number of fused-ring (bicyclic) bond motifs is 3. The van der Waals surface area contributed by atoms with Gasteiger partial charge in [-0.25, -0.2) is 0 Å². The average molecular weight is 479 g/mol. The van der Waals surface area contributed by atoms with Crippen LogP contribution in [0.3, 0.4) is 0 Å². The number of aromatic nitrogens is 1. The maximum absolute atomic E-state index is 12.4. The molecule has 3 aromatic rings. The van der Waals surface area contributed by atoms with Crippen molar-refractivity contribution in [2.45, 2.75) is 44.6 Å². The van der Waals surface area contributed by atoms with Gasteiger partial charge in [0.2, 0.25) is 17.7 Å². The number of nitrogens with one attached hydrogen (secondary N) is 1. The van der Waals surface area contributed by atoms with Crippen molar-refractivity contribution >= 4 is 39.5 Å². The Balaban J connectivity index is 1.26. The molecule has 35 heavy (non-hydrogen) atoms. The molecule has 184 valence electrons. The number of carbonyl (C=O) groups is 3. The van der Waals surface area contributed by atoms with Crippen molar-refractivity contribution in [3.8, 4) is 5.75 Å². The van der Waals surface area contributed by atoms with Gasteiger partial charge < -0.3 is 14.2 Å². The summed E-state index contributed by atoms with van der Waals surface area (Å²) >= 11 is 0. The Kier molecular flexibility index (Phi) is 6.42. The van der Waals surface area contributed by atoms with Crippen molar-refractivity contribution in [2.75, 3.05) is 33.3 Å². The van der Waals surface area contributed by atoms with Crippen LogP contribution in [0.2, 0.25) is 0 Å². The number of ether oxygens (including phenoxy) is 1. The number of benzene rings is 2. The molecule has 0 unspecified atom stereocenters. The van der Waals surface area contributed by atoms with Gasteiger partial charge in [-0.15, -0.1) is 0 Å². The van der Waals surface area contributed by atoms with Gasteiger partial charge >= 0.3 is 0 Å². The highest BCUT2D eigenvalue weighted by atomic mass is 16.5. The minimum Gasteiger partial charge on any atom is -0.492 e. The second kappa shape index (κ2) is 9.65. The second-order valence-corrected chi connectivity index (χ2v) is 9.46. The van der Waals surface area contributed by atoms with Crippen molar-refractivity contribution < 1.29 is 23.6 Å². The number of rotatable bonds is 6. The molecule has 3 amide bonds. The van der Waals surface area contributed by atoms with E-state index in [4.69, 9.17) is 9.26 Å². The molecule has 1 N–H and O–H groups in total. The smallest absolute Gasteiger partial charge is 0.235 e. The van der Waals surface area contributed by atoms with Crippen molar-refractivity contribution in [3.05, 3.63) is 36.0 Å². The lowest BCUT2D eigenvalue weighted by Gasteiger charge is -2.36. The first-order chi connectivity index (χ1) is 16.9. The first kappa shape index (κ1) is 23.3. The minimum atomic E-state index is -0.506. The number of hydrogen-bond donors (Lipinski definition) is 1. The van der Waals surface area contributed by atoms with Gasteiger partial charge in [0.05, 0.1) is 11.3 Å². The second-order valence-electron chi connectivity index (χ2n) is 9.46. The Bertz CT molecular complexity index is 1280. The van der Waals surface area contributed by atoms with Crippen LogP contribution in [0.4, 0.5) is 0 Å². The first-order valence-corrected chi connectivity index (χ1v) is 12.1. The molecule has 0 radical (unpaired) electrons. The van der Waals surface area contributed by atoms with Crippen LogP contribution in [0.25, 0.3) is 21.7 Å². The lowest BCUT2D eigenvalue weighted by Crippen LogP contribution is -2.45. The lowest BCUT2D eigenvalue weighted by atomic mass is 9.91. The molecule has 1 atom stereocenters. The van der Waals surface area contributed by atoms with Crippen molar-refractivity contribution in [2.24, 2.45) is 0 Å². The van der Waals surface area contributed by atoms with Gasteiger partial charge in [0.1, 0.15) is 18.1 Å². The Morgan fingerprint density at radius 2 is 2.00 bits per heavy atom. The zero-order valence-corrected chi connectivity index (χ0v) is 20.1. The summed E-state index contributed by atoms with van der Waals surface area (Å²) in [5.41, 5.74) is 1.19. The monoisotopic (exact) mass is 478 g/mol. The number of likely N-dealkylation sites (tertiary alicyclic amines) is 1. The van der Waals surface area contributed by atoms with Gasteiger partial charge in [-0.2, -0.15) is 0 Å². The molecule has 1 aromatic heterocycles. The summed E-state index contributed by atoms with van der Waals surface area (Å²) in [7, 11) is 2.11. The summed E-state index contributed by atoms with van der Waals surface area (Å²) in [4.78, 5) is 39.7. The molecule has 2 aromatic carbocycles. The Morgan fingerprint density at radius 3 is 2.74 bits per heavy atom. The summed E-state index contributed by atoms with van der Waals surface area (Å²) in [5, 5.41) is 9.30. The molecule has 2 aliphatic heterocycles. The van der Waals surface area contributed by atoms with E-state index >= 15 is 0 Å². The third-order valence-corrected chi connectivity index (χ3v) is 7.27. The minimum absolute atomic E-state index is 0.151. The Morgan fingerprint density at radius 1 is 1.20 bits per heavy atom. The van der Waals surface area contributed by atoms with Crippen LogP contribution in [-0.2, 0) is 14.4 Å². The van der Waals surface area contributed by atoms with Crippen LogP contribution in [0, 0.1) is 0 Å². The normalized spacial score (nSPS) is 19.5. The molecule has 2 aliphatic rings. The summed E-state index contributed by atoms with van der Waals surface area (Å²) in [6, 6.07) is 10.2. The van der Waals surface area contributed by atoms with Crippen LogP contribution in [0.15, 0.2) is 34.9 Å². The van der Waals surface area contributed by atoms with E-state index in [1.165, 1.54) is 0 Å². The van der Waals surface area contributed by atoms with Crippen molar-refractivity contribution in [3.63, 3.8) is 0 Å². The number of piperidine rings is 2. The molecule has 0 spiro atoms. The molecule has 5 rings (SSSR count). The number of likely N-dealkylation sites (N-methyl/N-ethyl adjacent to an activating group) is 1. The molecular formula is C26H30N4O5. The molecule has 0 saturated carbocycles. The van der Waals surface area contributed by atoms with Crippen LogP contribution in [0.1, 0.15) is 44.2 Å². The van der Waals surface area contributed by atoms with E-state index in [-0.39, 0.29) is 24.1 Å². The molecular weight excluding hydrogens is 448 g/mol. The summed E-state index contributed by atoms with van der Waals surface area (Å²) in [6.45, 7) is 4.62. The Hall–Kier alpha value is -3.46. The van der Waals surface area contributed by atoms with E-state index in [1.807, 2.05) is 35.2 Å². The third-order valence-electron chi connectivity index (χ3n) is 7.27. The summed E-state index contributed by atoms with van der Waals surface area (Å²) < 4.78 is 11.6. The van der Waals surface area contributed by atoms with Crippen LogP contribution >= 0.6 is 0 Å². The van der Waals surface area contributed by atoms with Gasteiger partial charge in [0.15, 0.2) is 5.58 Å². The Labute approximate surface area is 203 Å². The fourth-order valence-corrected chi connectivity index (χ4v) is 5.17. The molecule has 2 saturated heterocycles. The number of amides is 3.